The highest BCUT2D eigenvalue weighted by Crippen LogP contribution is 2.18. The van der Waals surface area contributed by atoms with Crippen LogP contribution in [0.2, 0.25) is 0 Å². The third-order valence-corrected chi connectivity index (χ3v) is 2.42. The first-order valence-corrected chi connectivity index (χ1v) is 5.23. The van der Waals surface area contributed by atoms with Gasteiger partial charge in [0.15, 0.2) is 0 Å². The van der Waals surface area contributed by atoms with Crippen LogP contribution >= 0.6 is 0 Å². The second-order valence-electron chi connectivity index (χ2n) is 3.81. The fraction of sp³-hybridized carbons (Fsp3) is 0.500. The lowest BCUT2D eigenvalue weighted by Gasteiger charge is -2.14. The molecular formula is C12H17N3O. The molecule has 4 heteroatoms. The Kier molecular flexibility index (Phi) is 4.27. The predicted molar refractivity (Wildman–Crippen MR) is 63.4 cm³/mol. The fourth-order valence-corrected chi connectivity index (χ4v) is 1.45. The van der Waals surface area contributed by atoms with Crippen LogP contribution in [0.4, 0.5) is 5.69 Å². The summed E-state index contributed by atoms with van der Waals surface area (Å²) >= 11 is 0. The maximum atomic E-state index is 9.05. The molecule has 16 heavy (non-hydrogen) atoms. The van der Waals surface area contributed by atoms with Gasteiger partial charge in [0.25, 0.3) is 0 Å². The quantitative estimate of drug-likeness (QED) is 0.841. The maximum Gasteiger partial charge on any atom is 0.103 e. The van der Waals surface area contributed by atoms with Crippen molar-refractivity contribution in [3.8, 4) is 6.07 Å². The summed E-state index contributed by atoms with van der Waals surface area (Å²) in [4.78, 5) is 4.26. The molecule has 1 unspecified atom stereocenters. The molecule has 0 radical (unpaired) electrons. The summed E-state index contributed by atoms with van der Waals surface area (Å²) in [6.45, 7) is 6.41. The van der Waals surface area contributed by atoms with Gasteiger partial charge in [-0.25, -0.2) is 0 Å². The molecule has 1 N–H and O–H groups in total. The first-order valence-electron chi connectivity index (χ1n) is 5.23. The van der Waals surface area contributed by atoms with Crippen LogP contribution in [0.5, 0.6) is 0 Å². The normalized spacial score (nSPS) is 11.9. The zero-order valence-corrected chi connectivity index (χ0v) is 10.2. The standard InChI is InChI=1S/C12H17N3O/c1-8-5-12(14-7-9(2)16-4)11(6-13)10(3)15-8/h5,9H,7H2,1-4H3,(H,14,15). The molecular weight excluding hydrogens is 202 g/mol. The van der Waals surface area contributed by atoms with Gasteiger partial charge in [-0.3, -0.25) is 4.98 Å². The molecule has 1 aromatic heterocycles. The van der Waals surface area contributed by atoms with Gasteiger partial charge in [-0.05, 0) is 26.8 Å². The van der Waals surface area contributed by atoms with E-state index < -0.39 is 0 Å². The van der Waals surface area contributed by atoms with E-state index in [-0.39, 0.29) is 6.10 Å². The Morgan fingerprint density at radius 2 is 2.25 bits per heavy atom. The number of anilines is 1. The summed E-state index contributed by atoms with van der Waals surface area (Å²) in [5, 5.41) is 12.3. The number of nitriles is 1. The number of methoxy groups -OCH3 is 1. The number of aromatic nitrogens is 1. The summed E-state index contributed by atoms with van der Waals surface area (Å²) in [5.74, 6) is 0. The highest BCUT2D eigenvalue weighted by atomic mass is 16.5. The van der Waals surface area contributed by atoms with Crippen molar-refractivity contribution in [2.24, 2.45) is 0 Å². The van der Waals surface area contributed by atoms with Crippen LogP contribution in [0.15, 0.2) is 6.07 Å². The van der Waals surface area contributed by atoms with Crippen molar-refractivity contribution in [2.45, 2.75) is 26.9 Å². The minimum Gasteiger partial charge on any atom is -0.381 e. The van der Waals surface area contributed by atoms with Crippen LogP contribution in [-0.4, -0.2) is 24.7 Å². The highest BCUT2D eigenvalue weighted by Gasteiger charge is 2.08. The average molecular weight is 219 g/mol. The molecule has 0 aromatic carbocycles. The number of ether oxygens (including phenoxy) is 1. The second-order valence-corrected chi connectivity index (χ2v) is 3.81. The molecule has 1 rings (SSSR count). The van der Waals surface area contributed by atoms with Crippen molar-refractivity contribution in [3.05, 3.63) is 23.0 Å². The lowest BCUT2D eigenvalue weighted by Crippen LogP contribution is -2.19. The molecule has 0 saturated heterocycles. The fourth-order valence-electron chi connectivity index (χ4n) is 1.45. The minimum absolute atomic E-state index is 0.111. The zero-order chi connectivity index (χ0) is 12.1. The van der Waals surface area contributed by atoms with Gasteiger partial charge in [-0.15, -0.1) is 0 Å². The highest BCUT2D eigenvalue weighted by molar-refractivity contribution is 5.59. The molecule has 0 amide bonds. The summed E-state index contributed by atoms with van der Waals surface area (Å²) in [7, 11) is 1.67. The van der Waals surface area contributed by atoms with E-state index in [9.17, 15) is 0 Å². The third kappa shape index (κ3) is 2.94. The van der Waals surface area contributed by atoms with Crippen LogP contribution in [0.25, 0.3) is 0 Å². The largest absolute Gasteiger partial charge is 0.381 e. The number of pyridine rings is 1. The van der Waals surface area contributed by atoms with E-state index in [4.69, 9.17) is 10.00 Å². The Labute approximate surface area is 96.3 Å². The molecule has 0 aliphatic rings. The van der Waals surface area contributed by atoms with Gasteiger partial charge in [0.05, 0.1) is 23.0 Å². The van der Waals surface area contributed by atoms with Gasteiger partial charge in [-0.2, -0.15) is 5.26 Å². The van der Waals surface area contributed by atoms with Crippen molar-refractivity contribution >= 4 is 5.69 Å². The van der Waals surface area contributed by atoms with Gasteiger partial charge in [0.1, 0.15) is 6.07 Å². The summed E-state index contributed by atoms with van der Waals surface area (Å²) in [6, 6.07) is 4.05. The van der Waals surface area contributed by atoms with E-state index in [1.165, 1.54) is 0 Å². The molecule has 4 nitrogen and oxygen atoms in total. The molecule has 0 aliphatic heterocycles. The Bertz CT molecular complexity index is 409. The van der Waals surface area contributed by atoms with Gasteiger partial charge in [-0.1, -0.05) is 0 Å². The van der Waals surface area contributed by atoms with Gasteiger partial charge >= 0.3 is 0 Å². The minimum atomic E-state index is 0.111. The maximum absolute atomic E-state index is 9.05. The number of hydrogen-bond donors (Lipinski definition) is 1. The molecule has 1 heterocycles. The topological polar surface area (TPSA) is 57.9 Å². The number of hydrogen-bond acceptors (Lipinski definition) is 4. The number of nitrogens with one attached hydrogen (secondary N) is 1. The molecule has 0 saturated carbocycles. The number of rotatable bonds is 4. The van der Waals surface area contributed by atoms with Crippen molar-refractivity contribution < 1.29 is 4.74 Å². The third-order valence-electron chi connectivity index (χ3n) is 2.42. The van der Waals surface area contributed by atoms with E-state index in [0.29, 0.717) is 12.1 Å². The summed E-state index contributed by atoms with van der Waals surface area (Å²) in [6.07, 6.45) is 0.111. The van der Waals surface area contributed by atoms with Crippen molar-refractivity contribution in [1.82, 2.24) is 4.98 Å². The van der Waals surface area contributed by atoms with E-state index in [1.807, 2.05) is 26.8 Å². The Morgan fingerprint density at radius 3 is 2.81 bits per heavy atom. The predicted octanol–water partition coefficient (Wildman–Crippen LogP) is 2.02. The van der Waals surface area contributed by atoms with Crippen molar-refractivity contribution in [1.29, 1.82) is 5.26 Å². The SMILES string of the molecule is COC(C)CNc1cc(C)nc(C)c1C#N. The van der Waals surface area contributed by atoms with Crippen molar-refractivity contribution in [2.75, 3.05) is 19.0 Å². The lowest BCUT2D eigenvalue weighted by atomic mass is 10.1. The van der Waals surface area contributed by atoms with Crippen molar-refractivity contribution in [3.63, 3.8) is 0 Å². The number of nitrogens with zero attached hydrogens (tertiary/aromatic N) is 2. The Balaban J connectivity index is 2.91. The molecule has 86 valence electrons. The molecule has 0 aliphatic carbocycles. The van der Waals surface area contributed by atoms with Gasteiger partial charge in [0.2, 0.25) is 0 Å². The Hall–Kier alpha value is -1.60. The number of aryl methyl sites for hydroxylation is 2. The second kappa shape index (κ2) is 5.47. The molecule has 1 atom stereocenters. The monoisotopic (exact) mass is 219 g/mol. The average Bonchev–Trinajstić information content (AvgIpc) is 2.25. The Morgan fingerprint density at radius 1 is 1.56 bits per heavy atom. The summed E-state index contributed by atoms with van der Waals surface area (Å²) in [5.41, 5.74) is 3.10. The summed E-state index contributed by atoms with van der Waals surface area (Å²) < 4.78 is 5.14. The smallest absolute Gasteiger partial charge is 0.103 e. The van der Waals surface area contributed by atoms with E-state index in [1.54, 1.807) is 7.11 Å². The van der Waals surface area contributed by atoms with Gasteiger partial charge < -0.3 is 10.1 Å². The zero-order valence-electron chi connectivity index (χ0n) is 10.2. The molecule has 0 spiro atoms. The van der Waals surface area contributed by atoms with Crippen LogP contribution in [0.3, 0.4) is 0 Å². The molecule has 1 aromatic rings. The van der Waals surface area contributed by atoms with Gasteiger partial charge in [0, 0.05) is 19.3 Å². The lowest BCUT2D eigenvalue weighted by molar-refractivity contribution is 0.129. The molecule has 0 fully saturated rings. The van der Waals surface area contributed by atoms with Crippen LogP contribution in [0, 0.1) is 25.2 Å². The van der Waals surface area contributed by atoms with E-state index in [2.05, 4.69) is 16.4 Å². The van der Waals surface area contributed by atoms with Crippen LogP contribution in [0.1, 0.15) is 23.9 Å². The first-order chi connectivity index (χ1) is 7.58. The molecule has 0 bridgehead atoms. The van der Waals surface area contributed by atoms with E-state index in [0.717, 1.165) is 17.1 Å². The van der Waals surface area contributed by atoms with Crippen LogP contribution < -0.4 is 5.32 Å². The van der Waals surface area contributed by atoms with Crippen LogP contribution in [-0.2, 0) is 4.74 Å². The van der Waals surface area contributed by atoms with E-state index >= 15 is 0 Å². The first kappa shape index (κ1) is 12.5.